The molecule has 31 heavy (non-hydrogen) atoms. The monoisotopic (exact) mass is 427 g/mol. The van der Waals surface area contributed by atoms with E-state index in [0.717, 1.165) is 11.3 Å². The Hall–Kier alpha value is -3.13. The molecular weight excluding hydrogens is 401 g/mol. The topological polar surface area (TPSA) is 104 Å². The highest BCUT2D eigenvalue weighted by molar-refractivity contribution is 6.10. The summed E-state index contributed by atoms with van der Waals surface area (Å²) in [4.78, 5) is 24.7. The largest absolute Gasteiger partial charge is 0.464 e. The number of fused-ring (bicyclic) bond motifs is 1. The molecule has 4 N–H and O–H groups in total. The molecule has 0 saturated carbocycles. The van der Waals surface area contributed by atoms with Crippen LogP contribution in [0.2, 0.25) is 0 Å². The molecule has 1 aliphatic heterocycles. The summed E-state index contributed by atoms with van der Waals surface area (Å²) in [6, 6.07) is 4.28. The molecule has 0 bridgehead atoms. The lowest BCUT2D eigenvalue weighted by molar-refractivity contribution is -0.125. The molecule has 2 heterocycles. The number of aliphatic hydroxyl groups excluding tert-OH is 1. The van der Waals surface area contributed by atoms with Crippen molar-refractivity contribution in [3.05, 3.63) is 63.6 Å². The summed E-state index contributed by atoms with van der Waals surface area (Å²) in [5.41, 5.74) is 1.94. The van der Waals surface area contributed by atoms with E-state index in [4.69, 9.17) is 4.42 Å². The van der Waals surface area contributed by atoms with Crippen molar-refractivity contribution in [2.45, 2.75) is 53.3 Å². The van der Waals surface area contributed by atoms with E-state index in [1.54, 1.807) is 0 Å². The Bertz CT molecular complexity index is 1110. The van der Waals surface area contributed by atoms with Crippen LogP contribution in [0, 0.1) is 25.1 Å². The number of ketones is 1. The number of halogens is 1. The van der Waals surface area contributed by atoms with Crippen molar-refractivity contribution in [2.75, 3.05) is 5.32 Å². The summed E-state index contributed by atoms with van der Waals surface area (Å²) in [5.74, 6) is 0.144. The standard InChI is InChI=1S/C23H26FN3O4/c1-10-8-15(31-11(10)2)21(23(3,4)5)27-18-17(19(28)20(18)29)26-14-7-6-13(24)12-9-25-22(30)16(12)14/h6-8,19,21,26-28H,9H2,1-5H3,(H,25,30)/t19?,21-/m0/s1. The highest BCUT2D eigenvalue weighted by atomic mass is 19.1. The summed E-state index contributed by atoms with van der Waals surface area (Å²) in [7, 11) is 0. The van der Waals surface area contributed by atoms with E-state index in [1.165, 1.54) is 12.1 Å². The predicted octanol–water partition coefficient (Wildman–Crippen LogP) is 3.22. The molecule has 0 saturated heterocycles. The van der Waals surface area contributed by atoms with Crippen molar-refractivity contribution in [2.24, 2.45) is 5.41 Å². The maximum atomic E-state index is 14.1. The molecule has 164 valence electrons. The number of benzene rings is 1. The molecule has 7 nitrogen and oxygen atoms in total. The van der Waals surface area contributed by atoms with Crippen molar-refractivity contribution < 1.29 is 23.5 Å². The van der Waals surface area contributed by atoms with Gasteiger partial charge in [0.25, 0.3) is 5.91 Å². The van der Waals surface area contributed by atoms with Crippen LogP contribution in [0.1, 0.15) is 59.8 Å². The quantitative estimate of drug-likeness (QED) is 0.584. The van der Waals surface area contributed by atoms with Gasteiger partial charge in [-0.15, -0.1) is 0 Å². The zero-order chi connectivity index (χ0) is 22.7. The van der Waals surface area contributed by atoms with E-state index in [9.17, 15) is 19.1 Å². The molecular formula is C23H26FN3O4. The Labute approximate surface area is 179 Å². The first-order valence-corrected chi connectivity index (χ1v) is 10.2. The van der Waals surface area contributed by atoms with Crippen LogP contribution < -0.4 is 16.0 Å². The summed E-state index contributed by atoms with van der Waals surface area (Å²) in [5, 5.41) is 19.1. The Morgan fingerprint density at radius 2 is 1.97 bits per heavy atom. The molecule has 1 aromatic carbocycles. The number of anilines is 1. The second-order valence-corrected chi connectivity index (χ2v) is 9.14. The van der Waals surface area contributed by atoms with Crippen LogP contribution in [0.15, 0.2) is 34.0 Å². The van der Waals surface area contributed by atoms with Crippen molar-refractivity contribution in [1.29, 1.82) is 0 Å². The third-order valence-corrected chi connectivity index (χ3v) is 5.84. The van der Waals surface area contributed by atoms with Crippen LogP contribution in [0.3, 0.4) is 0 Å². The molecule has 1 unspecified atom stereocenters. The van der Waals surface area contributed by atoms with Gasteiger partial charge in [0.05, 0.1) is 23.0 Å². The molecule has 2 aromatic rings. The Balaban J connectivity index is 1.70. The highest BCUT2D eigenvalue weighted by Gasteiger charge is 2.42. The molecule has 1 aliphatic carbocycles. The van der Waals surface area contributed by atoms with Crippen LogP contribution in [0.4, 0.5) is 10.1 Å². The lowest BCUT2D eigenvalue weighted by Crippen LogP contribution is -2.48. The molecule has 0 spiro atoms. The van der Waals surface area contributed by atoms with Crippen LogP contribution >= 0.6 is 0 Å². The molecule has 0 radical (unpaired) electrons. The van der Waals surface area contributed by atoms with Gasteiger partial charge < -0.3 is 25.5 Å². The number of carbonyl (C=O) groups is 2. The first kappa shape index (κ1) is 21.1. The third kappa shape index (κ3) is 3.50. The van der Waals surface area contributed by atoms with Gasteiger partial charge in [-0.2, -0.15) is 0 Å². The number of amides is 1. The van der Waals surface area contributed by atoms with Gasteiger partial charge in [-0.05, 0) is 43.0 Å². The molecule has 0 fully saturated rings. The predicted molar refractivity (Wildman–Crippen MR) is 113 cm³/mol. The SMILES string of the molecule is Cc1cc([C@H](NC2=C(Nc3ccc(F)c4c3C(=O)NC4)C(O)C2=O)C(C)(C)C)oc1C. The van der Waals surface area contributed by atoms with Gasteiger partial charge in [0.15, 0.2) is 6.10 Å². The molecule has 8 heteroatoms. The van der Waals surface area contributed by atoms with E-state index in [2.05, 4.69) is 16.0 Å². The number of aliphatic hydroxyl groups is 1. The first-order valence-electron chi connectivity index (χ1n) is 10.2. The van der Waals surface area contributed by atoms with E-state index >= 15 is 0 Å². The molecule has 2 atom stereocenters. The first-order chi connectivity index (χ1) is 14.5. The average Bonchev–Trinajstić information content (AvgIpc) is 3.24. The minimum atomic E-state index is -1.35. The molecule has 4 rings (SSSR count). The maximum Gasteiger partial charge on any atom is 0.254 e. The van der Waals surface area contributed by atoms with Crippen molar-refractivity contribution in [3.8, 4) is 0 Å². The number of furan rings is 1. The average molecular weight is 427 g/mol. The van der Waals surface area contributed by atoms with Gasteiger partial charge in [0, 0.05) is 12.1 Å². The number of Topliss-reactive ketones (excluding diaryl/α,β-unsaturated/α-hetero) is 1. The maximum absolute atomic E-state index is 14.1. The minimum absolute atomic E-state index is 0.102. The number of carbonyl (C=O) groups excluding carboxylic acids is 2. The fourth-order valence-electron chi connectivity index (χ4n) is 3.90. The van der Waals surface area contributed by atoms with Crippen molar-refractivity contribution >= 4 is 17.4 Å². The summed E-state index contributed by atoms with van der Waals surface area (Å²) < 4.78 is 20.0. The Kier molecular flexibility index (Phi) is 4.93. The van der Waals surface area contributed by atoms with Crippen LogP contribution in [0.25, 0.3) is 0 Å². The second kappa shape index (κ2) is 7.23. The Morgan fingerprint density at radius 3 is 2.58 bits per heavy atom. The van der Waals surface area contributed by atoms with Crippen molar-refractivity contribution in [3.63, 3.8) is 0 Å². The lowest BCUT2D eigenvalue weighted by atomic mass is 9.83. The Morgan fingerprint density at radius 1 is 1.26 bits per heavy atom. The lowest BCUT2D eigenvalue weighted by Gasteiger charge is -2.36. The highest BCUT2D eigenvalue weighted by Crippen LogP contribution is 2.38. The number of hydrogen-bond donors (Lipinski definition) is 4. The molecule has 2 aliphatic rings. The molecule has 1 aromatic heterocycles. The normalized spacial score (nSPS) is 19.1. The van der Waals surface area contributed by atoms with Gasteiger partial charge in [-0.25, -0.2) is 4.39 Å². The van der Waals surface area contributed by atoms with Gasteiger partial charge in [-0.1, -0.05) is 20.8 Å². The zero-order valence-electron chi connectivity index (χ0n) is 18.1. The smallest absolute Gasteiger partial charge is 0.254 e. The van der Waals surface area contributed by atoms with E-state index in [-0.39, 0.29) is 40.5 Å². The summed E-state index contributed by atoms with van der Waals surface area (Å²) >= 11 is 0. The van der Waals surface area contributed by atoms with Crippen LogP contribution in [-0.2, 0) is 11.3 Å². The van der Waals surface area contributed by atoms with Gasteiger partial charge in [0.2, 0.25) is 5.78 Å². The third-order valence-electron chi connectivity index (χ3n) is 5.84. The number of nitrogens with one attached hydrogen (secondary N) is 3. The van der Waals surface area contributed by atoms with Crippen molar-refractivity contribution in [1.82, 2.24) is 10.6 Å². The van der Waals surface area contributed by atoms with E-state index < -0.39 is 23.6 Å². The van der Waals surface area contributed by atoms with Crippen LogP contribution in [-0.4, -0.2) is 22.9 Å². The minimum Gasteiger partial charge on any atom is -0.464 e. The number of hydrogen-bond acceptors (Lipinski definition) is 6. The summed E-state index contributed by atoms with van der Waals surface area (Å²) in [6.07, 6.45) is -1.35. The zero-order valence-corrected chi connectivity index (χ0v) is 18.1. The molecule has 1 amide bonds. The van der Waals surface area contributed by atoms with Gasteiger partial charge in [0.1, 0.15) is 23.0 Å². The number of rotatable bonds is 5. The number of aryl methyl sites for hydroxylation is 2. The summed E-state index contributed by atoms with van der Waals surface area (Å²) in [6.45, 7) is 9.98. The fourth-order valence-corrected chi connectivity index (χ4v) is 3.90. The van der Waals surface area contributed by atoms with Gasteiger partial charge in [-0.3, -0.25) is 9.59 Å². The van der Waals surface area contributed by atoms with Crippen LogP contribution in [0.5, 0.6) is 0 Å². The fraction of sp³-hybridized carbons (Fsp3) is 0.391. The van der Waals surface area contributed by atoms with E-state index in [1.807, 2.05) is 40.7 Å². The van der Waals surface area contributed by atoms with Gasteiger partial charge >= 0.3 is 0 Å². The van der Waals surface area contributed by atoms with E-state index in [0.29, 0.717) is 11.4 Å². The second-order valence-electron chi connectivity index (χ2n) is 9.14.